The first-order valence-electron chi connectivity index (χ1n) is 12.8. The van der Waals surface area contributed by atoms with Crippen molar-refractivity contribution in [3.8, 4) is 11.4 Å². The van der Waals surface area contributed by atoms with E-state index in [0.717, 1.165) is 29.5 Å². The van der Waals surface area contributed by atoms with E-state index in [0.29, 0.717) is 26.6 Å². The van der Waals surface area contributed by atoms with E-state index in [9.17, 15) is 9.18 Å². The van der Waals surface area contributed by atoms with E-state index in [1.165, 1.54) is 19.2 Å². The lowest BCUT2D eigenvalue weighted by atomic mass is 9.81. The van der Waals surface area contributed by atoms with Gasteiger partial charge in [0.05, 0.1) is 40.3 Å². The van der Waals surface area contributed by atoms with Crippen LogP contribution < -0.4 is 4.74 Å². The predicted octanol–water partition coefficient (Wildman–Crippen LogP) is 9.18. The van der Waals surface area contributed by atoms with Gasteiger partial charge in [-0.3, -0.25) is 4.57 Å². The molecule has 0 saturated heterocycles. The summed E-state index contributed by atoms with van der Waals surface area (Å²) in [4.78, 5) is 16.9. The van der Waals surface area contributed by atoms with Crippen LogP contribution in [0.1, 0.15) is 61.8 Å². The topological polar surface area (TPSA) is 53.4 Å². The van der Waals surface area contributed by atoms with Crippen molar-refractivity contribution in [2.75, 3.05) is 7.11 Å². The lowest BCUT2D eigenvalue weighted by Crippen LogP contribution is -2.24. The summed E-state index contributed by atoms with van der Waals surface area (Å²) in [7, 11) is 1.36. The van der Waals surface area contributed by atoms with Crippen LogP contribution in [0.25, 0.3) is 5.69 Å². The molecule has 0 N–H and O–H groups in total. The fourth-order valence-corrected chi connectivity index (χ4v) is 5.59. The van der Waals surface area contributed by atoms with Gasteiger partial charge in [0.2, 0.25) is 0 Å². The van der Waals surface area contributed by atoms with Crippen molar-refractivity contribution in [2.24, 2.45) is 0 Å². The number of ether oxygens (including phenoxy) is 2. The van der Waals surface area contributed by atoms with Crippen molar-refractivity contribution in [3.63, 3.8) is 0 Å². The standard InChI is InChI=1S/C31H29Cl2F3N2O3S/c1-30(2,3)41-28(39)17-11-24(35)20(25(36)12-17)16-42-29-37-15-27(31(4,5)18-7-9-21(32)22(33)13-18)38(29)19-8-10-23(34)26(14-19)40-6/h7-15H,16H2,1-6H3. The first-order chi connectivity index (χ1) is 19.6. The van der Waals surface area contributed by atoms with E-state index >= 15 is 8.78 Å². The van der Waals surface area contributed by atoms with Gasteiger partial charge < -0.3 is 9.47 Å². The van der Waals surface area contributed by atoms with E-state index in [2.05, 4.69) is 4.98 Å². The fraction of sp³-hybridized carbons (Fsp3) is 0.290. The summed E-state index contributed by atoms with van der Waals surface area (Å²) in [5, 5.41) is 1.18. The number of carbonyl (C=O) groups excluding carboxylic acids is 1. The molecule has 0 aliphatic rings. The Balaban J connectivity index is 1.75. The zero-order valence-electron chi connectivity index (χ0n) is 23.8. The average Bonchev–Trinajstić information content (AvgIpc) is 3.33. The summed E-state index contributed by atoms with van der Waals surface area (Å²) in [6.45, 7) is 8.92. The first kappa shape index (κ1) is 31.8. The molecule has 4 aromatic rings. The van der Waals surface area contributed by atoms with Crippen LogP contribution in [-0.4, -0.2) is 28.2 Å². The Morgan fingerprint density at radius 1 is 0.929 bits per heavy atom. The number of aromatic nitrogens is 2. The van der Waals surface area contributed by atoms with Crippen molar-refractivity contribution in [3.05, 3.63) is 105 Å². The summed E-state index contributed by atoms with van der Waals surface area (Å²) >= 11 is 13.5. The third-order valence-corrected chi connectivity index (χ3v) is 8.24. The second-order valence-electron chi connectivity index (χ2n) is 11.0. The molecule has 0 aliphatic carbocycles. The summed E-state index contributed by atoms with van der Waals surface area (Å²) in [5.41, 5.74) is 0.0896. The highest BCUT2D eigenvalue weighted by molar-refractivity contribution is 7.98. The van der Waals surface area contributed by atoms with Crippen LogP contribution >= 0.6 is 35.0 Å². The molecule has 0 atom stereocenters. The minimum atomic E-state index is -0.888. The van der Waals surface area contributed by atoms with Gasteiger partial charge in [-0.2, -0.15) is 0 Å². The molecule has 42 heavy (non-hydrogen) atoms. The van der Waals surface area contributed by atoms with Crippen molar-refractivity contribution in [1.29, 1.82) is 0 Å². The smallest absolute Gasteiger partial charge is 0.338 e. The van der Waals surface area contributed by atoms with Crippen LogP contribution in [-0.2, 0) is 15.9 Å². The molecule has 3 aromatic carbocycles. The molecule has 1 aromatic heterocycles. The van der Waals surface area contributed by atoms with Gasteiger partial charge in [0, 0.05) is 22.8 Å². The van der Waals surface area contributed by atoms with Crippen LogP contribution in [0.5, 0.6) is 5.75 Å². The molecule has 11 heteroatoms. The second kappa shape index (κ2) is 12.2. The number of thioether (sulfide) groups is 1. The number of hydrogen-bond acceptors (Lipinski definition) is 5. The molecule has 1 heterocycles. The highest BCUT2D eigenvalue weighted by Gasteiger charge is 2.31. The second-order valence-corrected chi connectivity index (χ2v) is 12.8. The number of benzene rings is 3. The highest BCUT2D eigenvalue weighted by atomic mass is 35.5. The summed E-state index contributed by atoms with van der Waals surface area (Å²) in [5.74, 6) is -3.27. The first-order valence-corrected chi connectivity index (χ1v) is 14.6. The molecule has 0 unspecified atom stereocenters. The van der Waals surface area contributed by atoms with Crippen molar-refractivity contribution in [2.45, 2.75) is 56.5 Å². The van der Waals surface area contributed by atoms with Crippen LogP contribution in [0.3, 0.4) is 0 Å². The number of imidazole rings is 1. The molecular formula is C31H29Cl2F3N2O3S. The van der Waals surface area contributed by atoms with Gasteiger partial charge in [-0.1, -0.05) is 54.9 Å². The monoisotopic (exact) mass is 636 g/mol. The quantitative estimate of drug-likeness (QED) is 0.143. The van der Waals surface area contributed by atoms with Crippen molar-refractivity contribution < 1.29 is 27.4 Å². The van der Waals surface area contributed by atoms with Gasteiger partial charge in [0.1, 0.15) is 17.2 Å². The number of halogens is 5. The lowest BCUT2D eigenvalue weighted by molar-refractivity contribution is 0.00683. The van der Waals surface area contributed by atoms with E-state index in [4.69, 9.17) is 32.7 Å². The maximum atomic E-state index is 15.1. The van der Waals surface area contributed by atoms with Crippen LogP contribution in [0.2, 0.25) is 10.0 Å². The minimum Gasteiger partial charge on any atom is -0.494 e. The Hall–Kier alpha value is -3.14. The Kier molecular flexibility index (Phi) is 9.25. The van der Waals surface area contributed by atoms with Crippen LogP contribution in [0.4, 0.5) is 13.2 Å². The number of hydrogen-bond donors (Lipinski definition) is 0. The molecule has 0 amide bonds. The largest absolute Gasteiger partial charge is 0.494 e. The highest BCUT2D eigenvalue weighted by Crippen LogP contribution is 2.39. The van der Waals surface area contributed by atoms with Crippen LogP contribution in [0.15, 0.2) is 59.9 Å². The molecule has 5 nitrogen and oxygen atoms in total. The minimum absolute atomic E-state index is 0.0188. The number of methoxy groups -OCH3 is 1. The third-order valence-electron chi connectivity index (χ3n) is 6.53. The average molecular weight is 638 g/mol. The van der Waals surface area contributed by atoms with Crippen molar-refractivity contribution >= 4 is 40.9 Å². The van der Waals surface area contributed by atoms with Gasteiger partial charge in [0.15, 0.2) is 16.7 Å². The maximum absolute atomic E-state index is 15.1. The molecule has 222 valence electrons. The fourth-order valence-electron chi connectivity index (χ4n) is 4.28. The Labute approximate surface area is 257 Å². The Bertz CT molecular complexity index is 1630. The van der Waals surface area contributed by atoms with E-state index in [1.807, 2.05) is 19.9 Å². The maximum Gasteiger partial charge on any atom is 0.338 e. The summed E-state index contributed by atoms with van der Waals surface area (Å²) in [6, 6.07) is 11.6. The Morgan fingerprint density at radius 3 is 2.19 bits per heavy atom. The van der Waals surface area contributed by atoms with Gasteiger partial charge >= 0.3 is 5.97 Å². The number of nitrogens with zero attached hydrogens (tertiary/aromatic N) is 2. The van der Waals surface area contributed by atoms with E-state index < -0.39 is 34.4 Å². The summed E-state index contributed by atoms with van der Waals surface area (Å²) < 4.78 is 56.7. The predicted molar refractivity (Wildman–Crippen MR) is 160 cm³/mol. The van der Waals surface area contributed by atoms with Gasteiger partial charge in [-0.05, 0) is 62.7 Å². The molecule has 0 saturated carbocycles. The van der Waals surface area contributed by atoms with E-state index in [-0.39, 0.29) is 22.6 Å². The SMILES string of the molecule is COc1cc(-n2c(C(C)(C)c3ccc(Cl)c(Cl)c3)cnc2SCc2c(F)cc(C(=O)OC(C)(C)C)cc2F)ccc1F. The molecule has 0 spiro atoms. The van der Waals surface area contributed by atoms with Crippen LogP contribution in [0, 0.1) is 17.5 Å². The number of esters is 1. The molecule has 0 bridgehead atoms. The zero-order chi connectivity index (χ0) is 31.0. The number of rotatable bonds is 8. The van der Waals surface area contributed by atoms with Gasteiger partial charge in [-0.25, -0.2) is 22.9 Å². The Morgan fingerprint density at radius 2 is 1.60 bits per heavy atom. The third kappa shape index (κ3) is 6.74. The van der Waals surface area contributed by atoms with Gasteiger partial charge in [0.25, 0.3) is 0 Å². The number of carbonyl (C=O) groups is 1. The molecule has 0 fully saturated rings. The molecular weight excluding hydrogens is 608 g/mol. The normalized spacial score (nSPS) is 12.0. The zero-order valence-corrected chi connectivity index (χ0v) is 26.1. The molecule has 0 aliphatic heterocycles. The van der Waals surface area contributed by atoms with Gasteiger partial charge in [-0.15, -0.1) is 0 Å². The molecule has 4 rings (SSSR count). The molecule has 0 radical (unpaired) electrons. The van der Waals surface area contributed by atoms with Crippen molar-refractivity contribution in [1.82, 2.24) is 9.55 Å². The summed E-state index contributed by atoms with van der Waals surface area (Å²) in [6.07, 6.45) is 1.65. The lowest BCUT2D eigenvalue weighted by Gasteiger charge is -2.28. The van der Waals surface area contributed by atoms with E-state index in [1.54, 1.807) is 49.7 Å².